The van der Waals surface area contributed by atoms with Crippen LogP contribution in [0.25, 0.3) is 11.4 Å². The van der Waals surface area contributed by atoms with Crippen LogP contribution in [-0.4, -0.2) is 49.0 Å². The summed E-state index contributed by atoms with van der Waals surface area (Å²) in [5, 5.41) is 3.29. The van der Waals surface area contributed by atoms with E-state index in [1.807, 2.05) is 36.4 Å². The average Bonchev–Trinajstić information content (AvgIpc) is 2.95. The molecule has 1 aromatic carbocycles. The molecule has 7 heteroatoms. The maximum absolute atomic E-state index is 11.7. The lowest BCUT2D eigenvalue weighted by molar-refractivity contribution is 0.602. The number of hydrogen-bond donors (Lipinski definition) is 1. The van der Waals surface area contributed by atoms with E-state index in [0.29, 0.717) is 18.1 Å². The minimum atomic E-state index is -2.93. The van der Waals surface area contributed by atoms with E-state index in [4.69, 9.17) is 4.98 Å². The van der Waals surface area contributed by atoms with Gasteiger partial charge in [-0.2, -0.15) is 0 Å². The van der Waals surface area contributed by atoms with Crippen LogP contribution in [0, 0.1) is 0 Å². The Morgan fingerprint density at radius 1 is 1.16 bits per heavy atom. The van der Waals surface area contributed by atoms with Crippen molar-refractivity contribution in [1.29, 1.82) is 0 Å². The molecule has 1 atom stereocenters. The Balaban J connectivity index is 1.95. The van der Waals surface area contributed by atoms with Gasteiger partial charge in [-0.25, -0.2) is 18.4 Å². The predicted molar refractivity (Wildman–Crippen MR) is 102 cm³/mol. The summed E-state index contributed by atoms with van der Waals surface area (Å²) in [6.07, 6.45) is 0.619. The summed E-state index contributed by atoms with van der Waals surface area (Å²) in [6, 6.07) is 11.6. The summed E-state index contributed by atoms with van der Waals surface area (Å²) in [5.74, 6) is 2.58. The zero-order chi connectivity index (χ0) is 17.9. The first-order valence-corrected chi connectivity index (χ1v) is 10.5. The maximum Gasteiger partial charge on any atom is 0.163 e. The van der Waals surface area contributed by atoms with Gasteiger partial charge in [0.2, 0.25) is 0 Å². The van der Waals surface area contributed by atoms with Crippen LogP contribution in [0.2, 0.25) is 0 Å². The van der Waals surface area contributed by atoms with E-state index in [2.05, 4.69) is 29.0 Å². The summed E-state index contributed by atoms with van der Waals surface area (Å²) in [5.41, 5.74) is 0.943. The summed E-state index contributed by atoms with van der Waals surface area (Å²) in [6.45, 7) is 5.87. The molecule has 1 unspecified atom stereocenters. The van der Waals surface area contributed by atoms with E-state index < -0.39 is 9.84 Å². The van der Waals surface area contributed by atoms with Crippen molar-refractivity contribution in [3.63, 3.8) is 0 Å². The Bertz CT molecular complexity index is 820. The standard InChI is InChI=1S/C18H24N4O2S/c1-3-22(4-2)17-12-16(19-15-10-11-25(23,24)13-15)20-18(21-17)14-8-6-5-7-9-14/h5-9,12,15H,3-4,10-11,13H2,1-2H3,(H,19,20,21). The molecule has 1 aromatic heterocycles. The lowest BCUT2D eigenvalue weighted by Gasteiger charge is -2.22. The summed E-state index contributed by atoms with van der Waals surface area (Å²) >= 11 is 0. The third-order valence-electron chi connectivity index (χ3n) is 4.42. The van der Waals surface area contributed by atoms with Crippen LogP contribution in [0.3, 0.4) is 0 Å². The Labute approximate surface area is 149 Å². The second kappa shape index (κ2) is 7.39. The Morgan fingerprint density at radius 3 is 2.48 bits per heavy atom. The van der Waals surface area contributed by atoms with Gasteiger partial charge in [-0.1, -0.05) is 30.3 Å². The highest BCUT2D eigenvalue weighted by Gasteiger charge is 2.28. The van der Waals surface area contributed by atoms with Crippen LogP contribution in [0.15, 0.2) is 36.4 Å². The van der Waals surface area contributed by atoms with Crippen LogP contribution in [-0.2, 0) is 9.84 Å². The van der Waals surface area contributed by atoms with Gasteiger partial charge in [-0.3, -0.25) is 0 Å². The second-order valence-electron chi connectivity index (χ2n) is 6.22. The van der Waals surface area contributed by atoms with E-state index in [1.165, 1.54) is 0 Å². The molecule has 1 saturated heterocycles. The van der Waals surface area contributed by atoms with Gasteiger partial charge < -0.3 is 10.2 Å². The minimum absolute atomic E-state index is 0.0897. The van der Waals surface area contributed by atoms with Gasteiger partial charge in [0.1, 0.15) is 11.6 Å². The molecule has 0 aliphatic carbocycles. The number of anilines is 2. The smallest absolute Gasteiger partial charge is 0.163 e. The predicted octanol–water partition coefficient (Wildman–Crippen LogP) is 2.59. The minimum Gasteiger partial charge on any atom is -0.366 e. The van der Waals surface area contributed by atoms with Gasteiger partial charge in [0.05, 0.1) is 11.5 Å². The van der Waals surface area contributed by atoms with Crippen molar-refractivity contribution in [3.05, 3.63) is 36.4 Å². The lowest BCUT2D eigenvalue weighted by atomic mass is 10.2. The van der Waals surface area contributed by atoms with Crippen molar-refractivity contribution >= 4 is 21.5 Å². The molecule has 0 spiro atoms. The number of hydrogen-bond acceptors (Lipinski definition) is 6. The zero-order valence-electron chi connectivity index (χ0n) is 14.6. The molecule has 3 rings (SSSR count). The van der Waals surface area contributed by atoms with Crippen molar-refractivity contribution in [1.82, 2.24) is 9.97 Å². The fraction of sp³-hybridized carbons (Fsp3) is 0.444. The van der Waals surface area contributed by atoms with Crippen LogP contribution < -0.4 is 10.2 Å². The van der Waals surface area contributed by atoms with E-state index in [1.54, 1.807) is 0 Å². The first-order valence-electron chi connectivity index (χ1n) is 8.67. The molecule has 0 bridgehead atoms. The number of rotatable bonds is 6. The first kappa shape index (κ1) is 17.7. The molecule has 1 aliphatic rings. The zero-order valence-corrected chi connectivity index (χ0v) is 15.5. The molecule has 6 nitrogen and oxygen atoms in total. The summed E-state index contributed by atoms with van der Waals surface area (Å²) in [4.78, 5) is 11.5. The number of nitrogens with zero attached hydrogens (tertiary/aromatic N) is 3. The summed E-state index contributed by atoms with van der Waals surface area (Å²) < 4.78 is 23.4. The molecular weight excluding hydrogens is 336 g/mol. The molecule has 25 heavy (non-hydrogen) atoms. The van der Waals surface area contributed by atoms with Crippen molar-refractivity contribution in [2.24, 2.45) is 0 Å². The SMILES string of the molecule is CCN(CC)c1cc(NC2CCS(=O)(=O)C2)nc(-c2ccccc2)n1. The molecule has 0 amide bonds. The normalized spacial score (nSPS) is 18.9. The molecule has 2 heterocycles. The molecular formula is C18H24N4O2S. The molecule has 0 radical (unpaired) electrons. The highest BCUT2D eigenvalue weighted by Crippen LogP contribution is 2.24. The van der Waals surface area contributed by atoms with Crippen LogP contribution in [0.5, 0.6) is 0 Å². The molecule has 1 aliphatic heterocycles. The van der Waals surface area contributed by atoms with E-state index in [0.717, 1.165) is 24.5 Å². The number of aromatic nitrogens is 2. The highest BCUT2D eigenvalue weighted by molar-refractivity contribution is 7.91. The quantitative estimate of drug-likeness (QED) is 0.853. The molecule has 1 fully saturated rings. The van der Waals surface area contributed by atoms with Gasteiger partial charge in [0, 0.05) is 30.8 Å². The highest BCUT2D eigenvalue weighted by atomic mass is 32.2. The third-order valence-corrected chi connectivity index (χ3v) is 6.18. The fourth-order valence-electron chi connectivity index (χ4n) is 3.05. The van der Waals surface area contributed by atoms with Gasteiger partial charge >= 0.3 is 0 Å². The fourth-order valence-corrected chi connectivity index (χ4v) is 4.73. The largest absolute Gasteiger partial charge is 0.366 e. The molecule has 1 N–H and O–H groups in total. The average molecular weight is 360 g/mol. The third kappa shape index (κ3) is 4.28. The van der Waals surface area contributed by atoms with Gasteiger partial charge in [0.15, 0.2) is 15.7 Å². The maximum atomic E-state index is 11.7. The van der Waals surface area contributed by atoms with E-state index in [9.17, 15) is 8.42 Å². The van der Waals surface area contributed by atoms with Crippen LogP contribution in [0.1, 0.15) is 20.3 Å². The van der Waals surface area contributed by atoms with Gasteiger partial charge in [-0.15, -0.1) is 0 Å². The first-order chi connectivity index (χ1) is 12.0. The Morgan fingerprint density at radius 2 is 1.88 bits per heavy atom. The molecule has 2 aromatic rings. The van der Waals surface area contributed by atoms with E-state index >= 15 is 0 Å². The van der Waals surface area contributed by atoms with Crippen molar-refractivity contribution in [2.45, 2.75) is 26.3 Å². The number of sulfone groups is 1. The van der Waals surface area contributed by atoms with Crippen molar-refractivity contribution in [3.8, 4) is 11.4 Å². The molecule has 0 saturated carbocycles. The lowest BCUT2D eigenvalue weighted by Crippen LogP contribution is -2.25. The summed E-state index contributed by atoms with van der Waals surface area (Å²) in [7, 11) is -2.93. The second-order valence-corrected chi connectivity index (χ2v) is 8.45. The Hall–Kier alpha value is -2.15. The van der Waals surface area contributed by atoms with Gasteiger partial charge in [0.25, 0.3) is 0 Å². The molecule has 134 valence electrons. The van der Waals surface area contributed by atoms with Gasteiger partial charge in [-0.05, 0) is 20.3 Å². The van der Waals surface area contributed by atoms with Crippen molar-refractivity contribution in [2.75, 3.05) is 34.8 Å². The van der Waals surface area contributed by atoms with Crippen LogP contribution in [0.4, 0.5) is 11.6 Å². The topological polar surface area (TPSA) is 75.2 Å². The monoisotopic (exact) mass is 360 g/mol. The van der Waals surface area contributed by atoms with Crippen molar-refractivity contribution < 1.29 is 8.42 Å². The Kier molecular flexibility index (Phi) is 5.22. The number of nitrogens with one attached hydrogen (secondary N) is 1. The van der Waals surface area contributed by atoms with Crippen LogP contribution >= 0.6 is 0 Å². The van der Waals surface area contributed by atoms with E-state index in [-0.39, 0.29) is 17.5 Å². The number of benzene rings is 1.